The topological polar surface area (TPSA) is 38.1 Å². The van der Waals surface area contributed by atoms with Crippen molar-refractivity contribution < 1.29 is 4.79 Å². The molecule has 1 fully saturated rings. The summed E-state index contributed by atoms with van der Waals surface area (Å²) in [6.07, 6.45) is 7.98. The number of hydrogen-bond donors (Lipinski definition) is 0. The van der Waals surface area contributed by atoms with Crippen molar-refractivity contribution in [2.45, 2.75) is 41.9 Å². The summed E-state index contributed by atoms with van der Waals surface area (Å²) in [6.45, 7) is 0.615. The molecule has 1 heterocycles. The minimum absolute atomic E-state index is 0.243. The van der Waals surface area contributed by atoms with Crippen LogP contribution in [-0.2, 0) is 18.4 Å². The van der Waals surface area contributed by atoms with E-state index in [0.717, 1.165) is 31.2 Å². The van der Waals surface area contributed by atoms with Crippen LogP contribution >= 0.6 is 11.8 Å². The van der Waals surface area contributed by atoms with Gasteiger partial charge in [0.05, 0.1) is 10.9 Å². The number of amides is 1. The summed E-state index contributed by atoms with van der Waals surface area (Å²) >= 11 is 1.74. The summed E-state index contributed by atoms with van der Waals surface area (Å²) in [7, 11) is 3.80. The molecular formula is C18H23N3OS. The predicted molar refractivity (Wildman–Crippen MR) is 93.2 cm³/mol. The third-order valence-corrected chi connectivity index (χ3v) is 5.86. The smallest absolute Gasteiger partial charge is 0.239 e. The monoisotopic (exact) mass is 329 g/mol. The van der Waals surface area contributed by atoms with E-state index in [1.807, 2.05) is 49.6 Å². The zero-order chi connectivity index (χ0) is 16.3. The molecule has 0 atom stereocenters. The Labute approximate surface area is 141 Å². The number of benzene rings is 1. The molecule has 23 heavy (non-hydrogen) atoms. The van der Waals surface area contributed by atoms with Crippen molar-refractivity contribution in [1.29, 1.82) is 0 Å². The number of carbonyl (C=O) groups is 1. The molecule has 1 aliphatic rings. The van der Waals surface area contributed by atoms with Crippen LogP contribution in [0.5, 0.6) is 0 Å². The van der Waals surface area contributed by atoms with Crippen molar-refractivity contribution in [3.63, 3.8) is 0 Å². The van der Waals surface area contributed by atoms with Gasteiger partial charge in [0.1, 0.15) is 0 Å². The normalized spacial score (nSPS) is 16.4. The molecular weight excluding hydrogens is 306 g/mol. The third-order valence-electron chi connectivity index (χ3n) is 4.38. The molecule has 5 heteroatoms. The summed E-state index contributed by atoms with van der Waals surface area (Å²) in [5, 5.41) is 4.19. The maximum Gasteiger partial charge on any atom is 0.239 e. The second kappa shape index (κ2) is 6.79. The molecule has 0 N–H and O–H groups in total. The van der Waals surface area contributed by atoms with Crippen molar-refractivity contribution in [2.75, 3.05) is 7.05 Å². The van der Waals surface area contributed by atoms with E-state index in [9.17, 15) is 4.79 Å². The highest BCUT2D eigenvalue weighted by molar-refractivity contribution is 8.01. The number of hydrogen-bond acceptors (Lipinski definition) is 3. The first kappa shape index (κ1) is 16.1. The van der Waals surface area contributed by atoms with Gasteiger partial charge in [-0.3, -0.25) is 9.48 Å². The fraction of sp³-hybridized carbons (Fsp3) is 0.444. The fourth-order valence-corrected chi connectivity index (χ4v) is 4.75. The van der Waals surface area contributed by atoms with Crippen molar-refractivity contribution in [1.82, 2.24) is 14.7 Å². The molecule has 0 bridgehead atoms. The lowest BCUT2D eigenvalue weighted by Gasteiger charge is -2.31. The van der Waals surface area contributed by atoms with Gasteiger partial charge in [0.25, 0.3) is 0 Å². The molecule has 2 aromatic rings. The molecule has 1 aromatic heterocycles. The number of rotatable bonds is 5. The number of carbonyl (C=O) groups excluding carboxylic acids is 1. The second-order valence-corrected chi connectivity index (χ2v) is 7.76. The Morgan fingerprint density at radius 3 is 2.61 bits per heavy atom. The molecule has 0 unspecified atom stereocenters. The van der Waals surface area contributed by atoms with Gasteiger partial charge in [0, 0.05) is 37.3 Å². The molecule has 1 saturated carbocycles. The minimum Gasteiger partial charge on any atom is -0.340 e. The van der Waals surface area contributed by atoms with Crippen LogP contribution < -0.4 is 0 Å². The van der Waals surface area contributed by atoms with Gasteiger partial charge in [0.2, 0.25) is 5.91 Å². The number of thioether (sulfide) groups is 1. The van der Waals surface area contributed by atoms with Crippen molar-refractivity contribution >= 4 is 17.7 Å². The van der Waals surface area contributed by atoms with E-state index in [2.05, 4.69) is 17.2 Å². The molecule has 1 aromatic carbocycles. The van der Waals surface area contributed by atoms with Crippen molar-refractivity contribution in [3.8, 4) is 0 Å². The summed E-state index contributed by atoms with van der Waals surface area (Å²) < 4.78 is 1.47. The Balaban J connectivity index is 1.75. The van der Waals surface area contributed by atoms with Gasteiger partial charge in [-0.1, -0.05) is 31.0 Å². The zero-order valence-electron chi connectivity index (χ0n) is 13.7. The van der Waals surface area contributed by atoms with Gasteiger partial charge in [-0.2, -0.15) is 5.10 Å². The second-order valence-electron chi connectivity index (χ2n) is 6.30. The fourth-order valence-electron chi connectivity index (χ4n) is 3.27. The summed E-state index contributed by atoms with van der Waals surface area (Å²) in [6, 6.07) is 10.3. The van der Waals surface area contributed by atoms with E-state index in [-0.39, 0.29) is 10.7 Å². The van der Waals surface area contributed by atoms with Crippen molar-refractivity contribution in [2.24, 2.45) is 7.05 Å². The largest absolute Gasteiger partial charge is 0.340 e. The van der Waals surface area contributed by atoms with Gasteiger partial charge in [-0.25, -0.2) is 0 Å². The van der Waals surface area contributed by atoms with Crippen LogP contribution in [0.25, 0.3) is 0 Å². The van der Waals surface area contributed by atoms with Gasteiger partial charge >= 0.3 is 0 Å². The molecule has 3 rings (SSSR count). The molecule has 0 radical (unpaired) electrons. The highest BCUT2D eigenvalue weighted by Gasteiger charge is 2.43. The van der Waals surface area contributed by atoms with E-state index >= 15 is 0 Å². The first-order valence-electron chi connectivity index (χ1n) is 8.06. The number of aromatic nitrogens is 2. The zero-order valence-corrected chi connectivity index (χ0v) is 14.6. The number of aryl methyl sites for hydroxylation is 1. The third kappa shape index (κ3) is 3.61. The van der Waals surface area contributed by atoms with E-state index in [4.69, 9.17) is 0 Å². The highest BCUT2D eigenvalue weighted by atomic mass is 32.2. The van der Waals surface area contributed by atoms with Crippen LogP contribution in [0.4, 0.5) is 0 Å². The van der Waals surface area contributed by atoms with Crippen LogP contribution in [0.3, 0.4) is 0 Å². The molecule has 122 valence electrons. The quantitative estimate of drug-likeness (QED) is 0.843. The van der Waals surface area contributed by atoms with Crippen LogP contribution in [0, 0.1) is 0 Å². The Morgan fingerprint density at radius 1 is 1.30 bits per heavy atom. The molecule has 0 saturated heterocycles. The summed E-state index contributed by atoms with van der Waals surface area (Å²) in [5.74, 6) is 0.243. The molecule has 0 aliphatic heterocycles. The molecule has 1 amide bonds. The number of nitrogens with zero attached hydrogens (tertiary/aromatic N) is 3. The molecule has 4 nitrogen and oxygen atoms in total. The summed E-state index contributed by atoms with van der Waals surface area (Å²) in [5.41, 5.74) is 1.07. The Hall–Kier alpha value is -1.75. The van der Waals surface area contributed by atoms with Gasteiger partial charge < -0.3 is 4.90 Å². The van der Waals surface area contributed by atoms with E-state index in [1.165, 1.54) is 4.90 Å². The average molecular weight is 329 g/mol. The maximum atomic E-state index is 13.2. The van der Waals surface area contributed by atoms with Crippen molar-refractivity contribution in [3.05, 3.63) is 48.3 Å². The Bertz CT molecular complexity index is 662. The SMILES string of the molecule is CN(Cc1cnn(C)c1)C(=O)C1(Sc2ccccc2)CCCC1. The lowest BCUT2D eigenvalue weighted by molar-refractivity contribution is -0.132. The van der Waals surface area contributed by atoms with Gasteiger partial charge in [0.15, 0.2) is 0 Å². The minimum atomic E-state index is -0.307. The van der Waals surface area contributed by atoms with E-state index in [1.54, 1.807) is 16.4 Å². The maximum absolute atomic E-state index is 13.2. The Morgan fingerprint density at radius 2 is 2.00 bits per heavy atom. The highest BCUT2D eigenvalue weighted by Crippen LogP contribution is 2.46. The lowest BCUT2D eigenvalue weighted by Crippen LogP contribution is -2.43. The molecule has 0 spiro atoms. The van der Waals surface area contributed by atoms with Crippen LogP contribution in [0.1, 0.15) is 31.2 Å². The first-order chi connectivity index (χ1) is 11.1. The first-order valence-corrected chi connectivity index (χ1v) is 8.88. The standard InChI is InChI=1S/C18H23N3OS/c1-20(13-15-12-19-21(2)14-15)17(22)18(10-6-7-11-18)23-16-8-4-3-5-9-16/h3-5,8-9,12,14H,6-7,10-11,13H2,1-2H3. The predicted octanol–water partition coefficient (Wildman–Crippen LogP) is 3.48. The van der Waals surface area contributed by atoms with E-state index in [0.29, 0.717) is 6.54 Å². The van der Waals surface area contributed by atoms with Gasteiger partial charge in [-0.15, -0.1) is 11.8 Å². The Kier molecular flexibility index (Phi) is 4.76. The van der Waals surface area contributed by atoms with E-state index < -0.39 is 0 Å². The van der Waals surface area contributed by atoms with Gasteiger partial charge in [-0.05, 0) is 25.0 Å². The van der Waals surface area contributed by atoms with Crippen LogP contribution in [0.2, 0.25) is 0 Å². The summed E-state index contributed by atoms with van der Waals surface area (Å²) in [4.78, 5) is 16.2. The lowest BCUT2D eigenvalue weighted by atomic mass is 10.1. The molecule has 1 aliphatic carbocycles. The van der Waals surface area contributed by atoms with Crippen LogP contribution in [-0.4, -0.2) is 32.4 Å². The van der Waals surface area contributed by atoms with Crippen LogP contribution in [0.15, 0.2) is 47.6 Å². The average Bonchev–Trinajstić information content (AvgIpc) is 3.17.